The van der Waals surface area contributed by atoms with Crippen molar-refractivity contribution in [3.8, 4) is 0 Å². The van der Waals surface area contributed by atoms with Crippen LogP contribution in [0.15, 0.2) is 4.99 Å². The summed E-state index contributed by atoms with van der Waals surface area (Å²) < 4.78 is 0. The Hall–Kier alpha value is -1.83. The van der Waals surface area contributed by atoms with E-state index in [4.69, 9.17) is 4.99 Å². The molecular weight excluding hydrogens is 392 g/mol. The lowest BCUT2D eigenvalue weighted by molar-refractivity contribution is -0.138. The molecule has 1 N–H and O–H groups in total. The molecule has 1 saturated carbocycles. The van der Waals surface area contributed by atoms with Gasteiger partial charge in [-0.1, -0.05) is 12.8 Å². The van der Waals surface area contributed by atoms with Crippen molar-refractivity contribution in [2.24, 2.45) is 10.4 Å². The van der Waals surface area contributed by atoms with Crippen molar-refractivity contribution < 1.29 is 9.59 Å². The molecule has 8 heteroatoms. The molecule has 3 aliphatic rings. The number of hydrogen-bond donors (Lipinski definition) is 1. The van der Waals surface area contributed by atoms with Crippen LogP contribution < -0.4 is 5.32 Å². The third-order valence-electron chi connectivity index (χ3n) is 7.03. The van der Waals surface area contributed by atoms with Gasteiger partial charge in [0.25, 0.3) is 0 Å². The fourth-order valence-corrected chi connectivity index (χ4v) is 5.17. The average molecular weight is 435 g/mol. The minimum Gasteiger partial charge on any atom is -0.357 e. The quantitative estimate of drug-likeness (QED) is 0.503. The fraction of sp³-hybridized carbons (Fsp3) is 0.870. The van der Waals surface area contributed by atoms with Crippen molar-refractivity contribution >= 4 is 17.8 Å². The summed E-state index contributed by atoms with van der Waals surface area (Å²) in [5.74, 6) is 1.40. The predicted octanol–water partition coefficient (Wildman–Crippen LogP) is 1.23. The average Bonchev–Trinajstić information content (AvgIpc) is 3.27. The van der Waals surface area contributed by atoms with Crippen LogP contribution in [0, 0.1) is 5.41 Å². The standard InChI is InChI=1S/C23H42N6O2/c1-4-24-22(25-19-23(10-6-7-11-23)21(31)26(2)3)29-16-14-27(15-17-29)18-20(30)28-12-8-5-9-13-28/h4-19H2,1-3H3,(H,24,25). The molecule has 2 amide bonds. The van der Waals surface area contributed by atoms with Crippen LogP contribution in [0.4, 0.5) is 0 Å². The van der Waals surface area contributed by atoms with Crippen LogP contribution in [0.25, 0.3) is 0 Å². The number of piperidine rings is 1. The fourth-order valence-electron chi connectivity index (χ4n) is 5.17. The van der Waals surface area contributed by atoms with Crippen LogP contribution in [-0.2, 0) is 9.59 Å². The maximum Gasteiger partial charge on any atom is 0.236 e. The maximum absolute atomic E-state index is 12.9. The largest absolute Gasteiger partial charge is 0.357 e. The lowest BCUT2D eigenvalue weighted by Gasteiger charge is -2.38. The van der Waals surface area contributed by atoms with Crippen LogP contribution in [0.5, 0.6) is 0 Å². The number of aliphatic imine (C=N–C) groups is 1. The van der Waals surface area contributed by atoms with E-state index in [0.717, 1.165) is 90.3 Å². The van der Waals surface area contributed by atoms with E-state index in [1.807, 2.05) is 19.0 Å². The zero-order valence-corrected chi connectivity index (χ0v) is 19.9. The number of nitrogens with one attached hydrogen (secondary N) is 1. The number of piperazine rings is 1. The van der Waals surface area contributed by atoms with Gasteiger partial charge in [0, 0.05) is 59.9 Å². The number of amides is 2. The minimum absolute atomic E-state index is 0.214. The first-order chi connectivity index (χ1) is 14.9. The molecular formula is C23H42N6O2. The Bertz CT molecular complexity index is 630. The van der Waals surface area contributed by atoms with E-state index >= 15 is 0 Å². The Morgan fingerprint density at radius 3 is 2.13 bits per heavy atom. The first kappa shape index (κ1) is 23.8. The number of carbonyl (C=O) groups excluding carboxylic acids is 2. The van der Waals surface area contributed by atoms with E-state index in [1.165, 1.54) is 6.42 Å². The minimum atomic E-state index is -0.340. The van der Waals surface area contributed by atoms with Gasteiger partial charge in [-0.25, -0.2) is 0 Å². The van der Waals surface area contributed by atoms with Gasteiger partial charge in [0.15, 0.2) is 5.96 Å². The van der Waals surface area contributed by atoms with Crippen molar-refractivity contribution in [1.82, 2.24) is 24.9 Å². The van der Waals surface area contributed by atoms with Crippen molar-refractivity contribution in [3.63, 3.8) is 0 Å². The van der Waals surface area contributed by atoms with Crippen molar-refractivity contribution in [1.29, 1.82) is 0 Å². The van der Waals surface area contributed by atoms with Crippen molar-refractivity contribution in [2.75, 3.05) is 73.0 Å². The summed E-state index contributed by atoms with van der Waals surface area (Å²) in [5, 5.41) is 3.43. The monoisotopic (exact) mass is 434 g/mol. The molecule has 2 aliphatic heterocycles. The van der Waals surface area contributed by atoms with Gasteiger partial charge in [-0.3, -0.25) is 19.5 Å². The van der Waals surface area contributed by atoms with Crippen molar-refractivity contribution in [3.05, 3.63) is 0 Å². The summed E-state index contributed by atoms with van der Waals surface area (Å²) in [5.41, 5.74) is -0.340. The van der Waals surface area contributed by atoms with E-state index in [0.29, 0.717) is 13.1 Å². The zero-order chi connectivity index (χ0) is 22.3. The summed E-state index contributed by atoms with van der Waals surface area (Å²) in [4.78, 5) is 38.7. The Balaban J connectivity index is 1.55. The normalized spacial score (nSPS) is 22.5. The molecule has 176 valence electrons. The van der Waals surface area contributed by atoms with Gasteiger partial charge in [-0.05, 0) is 39.0 Å². The van der Waals surface area contributed by atoms with E-state index in [9.17, 15) is 9.59 Å². The highest BCUT2D eigenvalue weighted by Crippen LogP contribution is 2.39. The molecule has 31 heavy (non-hydrogen) atoms. The summed E-state index contributed by atoms with van der Waals surface area (Å²) in [6.45, 7) is 9.26. The van der Waals surface area contributed by atoms with Gasteiger partial charge < -0.3 is 20.0 Å². The van der Waals surface area contributed by atoms with E-state index in [-0.39, 0.29) is 17.2 Å². The number of hydrogen-bond acceptors (Lipinski definition) is 4. The molecule has 2 heterocycles. The van der Waals surface area contributed by atoms with Gasteiger partial charge in [0.1, 0.15) is 0 Å². The second-order valence-electron chi connectivity index (χ2n) is 9.56. The first-order valence-electron chi connectivity index (χ1n) is 12.2. The molecule has 0 aromatic heterocycles. The smallest absolute Gasteiger partial charge is 0.236 e. The highest BCUT2D eigenvalue weighted by atomic mass is 16.2. The van der Waals surface area contributed by atoms with Gasteiger partial charge >= 0.3 is 0 Å². The topological polar surface area (TPSA) is 71.5 Å². The third-order valence-corrected chi connectivity index (χ3v) is 7.03. The Labute approximate surface area is 188 Å². The molecule has 0 aromatic rings. The van der Waals surface area contributed by atoms with E-state index < -0.39 is 0 Å². The highest BCUT2D eigenvalue weighted by molar-refractivity contribution is 5.84. The number of nitrogens with zero attached hydrogens (tertiary/aromatic N) is 5. The molecule has 8 nitrogen and oxygen atoms in total. The van der Waals surface area contributed by atoms with E-state index in [1.54, 1.807) is 4.90 Å². The zero-order valence-electron chi connectivity index (χ0n) is 19.9. The molecule has 0 spiro atoms. The summed E-state index contributed by atoms with van der Waals surface area (Å²) >= 11 is 0. The van der Waals surface area contributed by atoms with Crippen LogP contribution in [0.1, 0.15) is 51.9 Å². The summed E-state index contributed by atoms with van der Waals surface area (Å²) in [7, 11) is 3.70. The lowest BCUT2D eigenvalue weighted by atomic mass is 9.85. The molecule has 0 atom stereocenters. The molecule has 0 radical (unpaired) electrons. The second-order valence-corrected chi connectivity index (χ2v) is 9.56. The molecule has 3 fully saturated rings. The molecule has 0 bridgehead atoms. The number of likely N-dealkylation sites (tertiary alicyclic amines) is 1. The van der Waals surface area contributed by atoms with Crippen LogP contribution in [0.2, 0.25) is 0 Å². The van der Waals surface area contributed by atoms with Crippen LogP contribution >= 0.6 is 0 Å². The molecule has 3 rings (SSSR count). The summed E-state index contributed by atoms with van der Waals surface area (Å²) in [6, 6.07) is 0. The summed E-state index contributed by atoms with van der Waals surface area (Å²) in [6.07, 6.45) is 7.60. The molecule has 0 unspecified atom stereocenters. The van der Waals surface area contributed by atoms with E-state index in [2.05, 4.69) is 22.0 Å². The molecule has 0 aromatic carbocycles. The van der Waals surface area contributed by atoms with Gasteiger partial charge in [0.2, 0.25) is 11.8 Å². The first-order valence-corrected chi connectivity index (χ1v) is 12.2. The number of rotatable bonds is 6. The van der Waals surface area contributed by atoms with Crippen molar-refractivity contribution in [2.45, 2.75) is 51.9 Å². The third kappa shape index (κ3) is 6.11. The molecule has 1 aliphatic carbocycles. The number of carbonyl (C=O) groups is 2. The lowest BCUT2D eigenvalue weighted by Crippen LogP contribution is -2.54. The van der Waals surface area contributed by atoms with Gasteiger partial charge in [0.05, 0.1) is 18.5 Å². The van der Waals surface area contributed by atoms with Gasteiger partial charge in [-0.15, -0.1) is 0 Å². The number of guanidine groups is 1. The highest BCUT2D eigenvalue weighted by Gasteiger charge is 2.42. The Kier molecular flexibility index (Phi) is 8.58. The predicted molar refractivity (Wildman–Crippen MR) is 124 cm³/mol. The second kappa shape index (κ2) is 11.2. The SMILES string of the molecule is CCNC(=NCC1(C(=O)N(C)C)CCCC1)N1CCN(CC(=O)N2CCCCC2)CC1. The van der Waals surface area contributed by atoms with Gasteiger partial charge in [-0.2, -0.15) is 0 Å². The molecule has 2 saturated heterocycles. The van der Waals surface area contributed by atoms with Crippen LogP contribution in [-0.4, -0.2) is 110 Å². The Morgan fingerprint density at radius 1 is 0.903 bits per heavy atom. The van der Waals surface area contributed by atoms with Crippen LogP contribution in [0.3, 0.4) is 0 Å². The maximum atomic E-state index is 12.9. The Morgan fingerprint density at radius 2 is 1.55 bits per heavy atom.